The van der Waals surface area contributed by atoms with Gasteiger partial charge in [0.15, 0.2) is 0 Å². The molecule has 0 aromatic heterocycles. The minimum atomic E-state index is -3.59. The summed E-state index contributed by atoms with van der Waals surface area (Å²) in [5, 5.41) is 2.68. The maximum atomic E-state index is 13.0. The third-order valence-corrected chi connectivity index (χ3v) is 7.14. The highest BCUT2D eigenvalue weighted by Gasteiger charge is 2.31. The zero-order valence-electron chi connectivity index (χ0n) is 16.0. The van der Waals surface area contributed by atoms with Crippen LogP contribution >= 0.6 is 0 Å². The zero-order chi connectivity index (χ0) is 20.3. The lowest BCUT2D eigenvalue weighted by Crippen LogP contribution is -3.10. The molecule has 2 N–H and O–H groups in total. The van der Waals surface area contributed by atoms with Gasteiger partial charge in [-0.25, -0.2) is 12.8 Å². The number of likely N-dealkylation sites (tertiary alicyclic amines) is 1. The summed E-state index contributed by atoms with van der Waals surface area (Å²) >= 11 is 0. The molecule has 1 fully saturated rings. The van der Waals surface area contributed by atoms with Gasteiger partial charge in [0.2, 0.25) is 10.0 Å². The Morgan fingerprint density at radius 3 is 2.21 bits per heavy atom. The van der Waals surface area contributed by atoms with E-state index in [9.17, 15) is 17.6 Å². The number of hydrogen-bond acceptors (Lipinski definition) is 3. The number of piperidine rings is 1. The number of anilines is 1. The highest BCUT2D eigenvalue weighted by molar-refractivity contribution is 7.89. The monoisotopic (exact) mass is 406 g/mol. The fraction of sp³-hybridized carbons (Fsp3) is 0.350. The Kier molecular flexibility index (Phi) is 6.12. The van der Waals surface area contributed by atoms with Crippen LogP contribution in [0.2, 0.25) is 0 Å². The van der Waals surface area contributed by atoms with Crippen molar-refractivity contribution in [3.05, 3.63) is 59.9 Å². The van der Waals surface area contributed by atoms with E-state index >= 15 is 0 Å². The van der Waals surface area contributed by atoms with Gasteiger partial charge < -0.3 is 10.2 Å². The SMILES string of the molecule is CN(C1CC[NH+](C)CC1)S(=O)(=O)c1ccc(NC(=O)c2ccc(F)cc2)cc1. The Morgan fingerprint density at radius 2 is 1.64 bits per heavy atom. The van der Waals surface area contributed by atoms with Gasteiger partial charge in [0.1, 0.15) is 5.82 Å². The fourth-order valence-corrected chi connectivity index (χ4v) is 4.75. The second kappa shape index (κ2) is 8.38. The smallest absolute Gasteiger partial charge is 0.255 e. The number of nitrogens with one attached hydrogen (secondary N) is 2. The molecule has 0 atom stereocenters. The lowest BCUT2D eigenvalue weighted by atomic mass is 10.1. The van der Waals surface area contributed by atoms with E-state index in [1.54, 1.807) is 19.2 Å². The van der Waals surface area contributed by atoms with Crippen LogP contribution in [0.15, 0.2) is 53.4 Å². The lowest BCUT2D eigenvalue weighted by molar-refractivity contribution is -0.885. The molecule has 0 aliphatic carbocycles. The summed E-state index contributed by atoms with van der Waals surface area (Å²) in [4.78, 5) is 13.8. The van der Waals surface area contributed by atoms with Gasteiger partial charge in [-0.15, -0.1) is 0 Å². The molecule has 28 heavy (non-hydrogen) atoms. The van der Waals surface area contributed by atoms with Gasteiger partial charge in [0.25, 0.3) is 5.91 Å². The Bertz CT molecular complexity index is 922. The van der Waals surface area contributed by atoms with Gasteiger partial charge in [0, 0.05) is 37.2 Å². The number of rotatable bonds is 5. The van der Waals surface area contributed by atoms with E-state index in [0.29, 0.717) is 11.3 Å². The van der Waals surface area contributed by atoms with E-state index in [4.69, 9.17) is 0 Å². The molecule has 1 amide bonds. The predicted octanol–water partition coefficient (Wildman–Crippen LogP) is 1.38. The molecule has 6 nitrogen and oxygen atoms in total. The van der Waals surface area contributed by atoms with Crippen LogP contribution in [0.3, 0.4) is 0 Å². The molecule has 0 bridgehead atoms. The standard InChI is InChI=1S/C20H24FN3O3S/c1-23-13-11-18(12-14-23)24(2)28(26,27)19-9-7-17(8-10-19)22-20(25)15-3-5-16(21)6-4-15/h3-10,18H,11-14H2,1-2H3,(H,22,25)/p+1. The van der Waals surface area contributed by atoms with Gasteiger partial charge in [-0.05, 0) is 48.5 Å². The molecule has 0 radical (unpaired) electrons. The Balaban J connectivity index is 1.69. The molecule has 1 aliphatic heterocycles. The van der Waals surface area contributed by atoms with Crippen molar-refractivity contribution in [1.29, 1.82) is 0 Å². The fourth-order valence-electron chi connectivity index (χ4n) is 3.34. The number of halogens is 1. The molecule has 1 saturated heterocycles. The summed E-state index contributed by atoms with van der Waals surface area (Å²) in [6, 6.07) is 11.3. The second-order valence-electron chi connectivity index (χ2n) is 7.19. The van der Waals surface area contributed by atoms with E-state index in [-0.39, 0.29) is 16.8 Å². The molecular formula is C20H25FN3O3S+. The maximum Gasteiger partial charge on any atom is 0.255 e. The van der Waals surface area contributed by atoms with Crippen molar-refractivity contribution in [3.63, 3.8) is 0 Å². The molecule has 8 heteroatoms. The van der Waals surface area contributed by atoms with Crippen LogP contribution < -0.4 is 10.2 Å². The van der Waals surface area contributed by atoms with Gasteiger partial charge in [-0.1, -0.05) is 0 Å². The highest BCUT2D eigenvalue weighted by atomic mass is 32.2. The first kappa shape index (κ1) is 20.4. The molecule has 150 valence electrons. The Labute approximate surface area is 165 Å². The average molecular weight is 407 g/mol. The van der Waals surface area contributed by atoms with Gasteiger partial charge in [0.05, 0.1) is 25.0 Å². The summed E-state index contributed by atoms with van der Waals surface area (Å²) in [6.07, 6.45) is 1.68. The first-order valence-electron chi connectivity index (χ1n) is 9.23. The minimum absolute atomic E-state index is 0.00607. The summed E-state index contributed by atoms with van der Waals surface area (Å²) in [5.74, 6) is -0.803. The second-order valence-corrected chi connectivity index (χ2v) is 9.19. The van der Waals surface area contributed by atoms with Crippen molar-refractivity contribution in [2.24, 2.45) is 0 Å². The maximum absolute atomic E-state index is 13.0. The summed E-state index contributed by atoms with van der Waals surface area (Å²) in [6.45, 7) is 1.91. The number of sulfonamides is 1. The minimum Gasteiger partial charge on any atom is -0.337 e. The number of amides is 1. The molecule has 2 aromatic carbocycles. The van der Waals surface area contributed by atoms with Gasteiger partial charge >= 0.3 is 0 Å². The number of nitrogens with zero attached hydrogens (tertiary/aromatic N) is 1. The lowest BCUT2D eigenvalue weighted by Gasteiger charge is -2.32. The number of carbonyl (C=O) groups is 1. The van der Waals surface area contributed by atoms with Crippen molar-refractivity contribution in [2.45, 2.75) is 23.8 Å². The zero-order valence-corrected chi connectivity index (χ0v) is 16.8. The van der Waals surface area contributed by atoms with Crippen molar-refractivity contribution in [1.82, 2.24) is 4.31 Å². The molecule has 0 unspecified atom stereocenters. The quantitative estimate of drug-likeness (QED) is 0.788. The Morgan fingerprint density at radius 1 is 1.07 bits per heavy atom. The van der Waals surface area contributed by atoms with Crippen molar-refractivity contribution < 1.29 is 22.5 Å². The van der Waals surface area contributed by atoms with Crippen molar-refractivity contribution >= 4 is 21.6 Å². The molecule has 1 heterocycles. The first-order valence-corrected chi connectivity index (χ1v) is 10.7. The normalized spacial score (nSPS) is 20.1. The number of quaternary nitrogens is 1. The molecule has 3 rings (SSSR count). The number of carbonyl (C=O) groups excluding carboxylic acids is 1. The van der Waals surface area contributed by atoms with Gasteiger partial charge in [-0.3, -0.25) is 4.79 Å². The Hall–Kier alpha value is -2.29. The van der Waals surface area contributed by atoms with E-state index in [1.807, 2.05) is 0 Å². The first-order chi connectivity index (χ1) is 13.3. The number of benzene rings is 2. The van der Waals surface area contributed by atoms with Crippen LogP contribution in [0.4, 0.5) is 10.1 Å². The third-order valence-electron chi connectivity index (χ3n) is 5.22. The average Bonchev–Trinajstić information content (AvgIpc) is 2.69. The van der Waals surface area contributed by atoms with Crippen LogP contribution in [0.1, 0.15) is 23.2 Å². The molecule has 1 aliphatic rings. The van der Waals surface area contributed by atoms with Crippen molar-refractivity contribution in [3.8, 4) is 0 Å². The van der Waals surface area contributed by atoms with Crippen molar-refractivity contribution in [2.75, 3.05) is 32.5 Å². The van der Waals surface area contributed by atoms with Crippen LogP contribution in [0.25, 0.3) is 0 Å². The van der Waals surface area contributed by atoms with Crippen LogP contribution in [-0.2, 0) is 10.0 Å². The van der Waals surface area contributed by atoms with E-state index in [1.165, 1.54) is 45.6 Å². The van der Waals surface area contributed by atoms with E-state index in [2.05, 4.69) is 12.4 Å². The van der Waals surface area contributed by atoms with Gasteiger partial charge in [-0.2, -0.15) is 4.31 Å². The largest absolute Gasteiger partial charge is 0.337 e. The molecule has 0 saturated carbocycles. The number of hydrogen-bond donors (Lipinski definition) is 2. The summed E-state index contributed by atoms with van der Waals surface area (Å²) in [5.41, 5.74) is 0.793. The van der Waals surface area contributed by atoms with E-state index in [0.717, 1.165) is 25.9 Å². The van der Waals surface area contributed by atoms with Crippen LogP contribution in [-0.4, -0.2) is 51.9 Å². The topological polar surface area (TPSA) is 70.9 Å². The third kappa shape index (κ3) is 4.57. The van der Waals surface area contributed by atoms with E-state index < -0.39 is 15.8 Å². The molecule has 0 spiro atoms. The molecular weight excluding hydrogens is 381 g/mol. The predicted molar refractivity (Wildman–Crippen MR) is 105 cm³/mol. The molecule has 2 aromatic rings. The summed E-state index contributed by atoms with van der Waals surface area (Å²) in [7, 11) is 0.156. The van der Waals surface area contributed by atoms with Crippen LogP contribution in [0.5, 0.6) is 0 Å². The summed E-state index contributed by atoms with van der Waals surface area (Å²) < 4.78 is 40.2. The highest BCUT2D eigenvalue weighted by Crippen LogP contribution is 2.22. The van der Waals surface area contributed by atoms with Crippen LogP contribution in [0, 0.1) is 5.82 Å².